The lowest BCUT2D eigenvalue weighted by atomic mass is 10.2. The summed E-state index contributed by atoms with van der Waals surface area (Å²) in [4.78, 5) is 11.0. The maximum Gasteiger partial charge on any atom is 0.204 e. The molecular weight excluding hydrogens is 178 g/mol. The third-order valence-corrected chi connectivity index (χ3v) is 1.96. The third-order valence-electron chi connectivity index (χ3n) is 1.96. The molecule has 0 fully saturated rings. The van der Waals surface area contributed by atoms with Gasteiger partial charge in [-0.3, -0.25) is 4.79 Å². The van der Waals surface area contributed by atoms with Crippen molar-refractivity contribution in [2.24, 2.45) is 0 Å². The first-order chi connectivity index (χ1) is 6.74. The number of nitriles is 1. The fourth-order valence-corrected chi connectivity index (χ4v) is 1.18. The van der Waals surface area contributed by atoms with E-state index in [1.54, 1.807) is 12.4 Å². The second-order valence-corrected chi connectivity index (χ2v) is 3.12. The molecule has 0 atom stereocenters. The molecule has 1 aromatic rings. The molecule has 0 bridgehead atoms. The Bertz CT molecular complexity index is 389. The molecule has 0 aromatic carbocycles. The van der Waals surface area contributed by atoms with E-state index in [1.165, 1.54) is 6.07 Å². The monoisotopic (exact) mass is 191 g/mol. The van der Waals surface area contributed by atoms with Gasteiger partial charge in [0, 0.05) is 31.4 Å². The maximum atomic E-state index is 11.0. The number of hydrogen-bond acceptors (Lipinski definition) is 3. The number of hydrogen-bond donors (Lipinski definition) is 1. The van der Waals surface area contributed by atoms with Gasteiger partial charge < -0.3 is 10.3 Å². The Balaban J connectivity index is 2.48. The Morgan fingerprint density at radius 1 is 1.50 bits per heavy atom. The highest BCUT2D eigenvalue weighted by Gasteiger charge is 1.94. The van der Waals surface area contributed by atoms with E-state index in [0.29, 0.717) is 6.42 Å². The predicted molar refractivity (Wildman–Crippen MR) is 54.6 cm³/mol. The van der Waals surface area contributed by atoms with Crippen LogP contribution >= 0.6 is 0 Å². The number of pyridine rings is 1. The molecule has 14 heavy (non-hydrogen) atoms. The van der Waals surface area contributed by atoms with Crippen LogP contribution in [0, 0.1) is 11.3 Å². The van der Waals surface area contributed by atoms with Gasteiger partial charge in [0.05, 0.1) is 11.8 Å². The lowest BCUT2D eigenvalue weighted by Crippen LogP contribution is -2.10. The fraction of sp³-hybridized carbons (Fsp3) is 0.400. The number of rotatable bonds is 4. The molecule has 4 heteroatoms. The van der Waals surface area contributed by atoms with Crippen LogP contribution < -0.4 is 11.2 Å². The summed E-state index contributed by atoms with van der Waals surface area (Å²) in [6.45, 7) is 0.798. The minimum absolute atomic E-state index is 0.140. The summed E-state index contributed by atoms with van der Waals surface area (Å²) in [6, 6.07) is 3.55. The molecule has 0 saturated carbocycles. The summed E-state index contributed by atoms with van der Waals surface area (Å²) in [6.07, 6.45) is 5.73. The van der Waals surface area contributed by atoms with Crippen LogP contribution in [0.3, 0.4) is 0 Å². The molecule has 0 spiro atoms. The van der Waals surface area contributed by atoms with Gasteiger partial charge in [-0.2, -0.15) is 5.26 Å². The summed E-state index contributed by atoms with van der Waals surface area (Å²) < 4.78 is 1.87. The molecule has 0 saturated heterocycles. The van der Waals surface area contributed by atoms with E-state index in [2.05, 4.69) is 6.07 Å². The highest BCUT2D eigenvalue weighted by molar-refractivity contribution is 5.33. The molecule has 0 aliphatic carbocycles. The van der Waals surface area contributed by atoms with Gasteiger partial charge >= 0.3 is 0 Å². The van der Waals surface area contributed by atoms with Crippen molar-refractivity contribution < 1.29 is 0 Å². The van der Waals surface area contributed by atoms with E-state index >= 15 is 0 Å². The zero-order valence-electron chi connectivity index (χ0n) is 7.94. The van der Waals surface area contributed by atoms with Crippen LogP contribution in [-0.2, 0) is 6.54 Å². The number of nitrogens with zero attached hydrogens (tertiary/aromatic N) is 2. The van der Waals surface area contributed by atoms with E-state index in [4.69, 9.17) is 11.0 Å². The first kappa shape index (κ1) is 10.3. The second kappa shape index (κ2) is 5.07. The van der Waals surface area contributed by atoms with Crippen LogP contribution in [0.2, 0.25) is 0 Å². The van der Waals surface area contributed by atoms with Gasteiger partial charge in [0.25, 0.3) is 0 Å². The molecule has 1 heterocycles. The van der Waals surface area contributed by atoms with Crippen LogP contribution in [0.5, 0.6) is 0 Å². The topological polar surface area (TPSA) is 71.8 Å². The van der Waals surface area contributed by atoms with Crippen molar-refractivity contribution in [1.29, 1.82) is 5.26 Å². The zero-order valence-corrected chi connectivity index (χ0v) is 7.94. The number of aromatic nitrogens is 1. The van der Waals surface area contributed by atoms with Crippen LogP contribution in [0.25, 0.3) is 0 Å². The summed E-state index contributed by atoms with van der Waals surface area (Å²) in [5.41, 5.74) is 5.60. The standard InChI is InChI=1S/C10H13N3O/c11-5-2-1-3-6-13-7-4-10(14)9(12)8-13/h4,7-8H,1-3,6,12H2. The summed E-state index contributed by atoms with van der Waals surface area (Å²) in [7, 11) is 0. The molecule has 0 unspecified atom stereocenters. The molecule has 0 radical (unpaired) electrons. The Labute approximate surface area is 82.6 Å². The quantitative estimate of drug-likeness (QED) is 0.725. The molecule has 0 aliphatic rings. The van der Waals surface area contributed by atoms with Crippen molar-refractivity contribution in [2.75, 3.05) is 5.73 Å². The van der Waals surface area contributed by atoms with E-state index in [-0.39, 0.29) is 11.1 Å². The van der Waals surface area contributed by atoms with Crippen molar-refractivity contribution in [1.82, 2.24) is 4.57 Å². The minimum Gasteiger partial charge on any atom is -0.394 e. The lowest BCUT2D eigenvalue weighted by Gasteiger charge is -2.05. The third kappa shape index (κ3) is 2.94. The van der Waals surface area contributed by atoms with Crippen LogP contribution in [0.1, 0.15) is 19.3 Å². The highest BCUT2D eigenvalue weighted by atomic mass is 16.1. The summed E-state index contributed by atoms with van der Waals surface area (Å²) >= 11 is 0. The van der Waals surface area contributed by atoms with E-state index < -0.39 is 0 Å². The largest absolute Gasteiger partial charge is 0.394 e. The van der Waals surface area contributed by atoms with E-state index in [0.717, 1.165) is 19.4 Å². The number of unbranched alkanes of at least 4 members (excludes halogenated alkanes) is 2. The summed E-state index contributed by atoms with van der Waals surface area (Å²) in [5.74, 6) is 0. The Morgan fingerprint density at radius 3 is 2.93 bits per heavy atom. The lowest BCUT2D eigenvalue weighted by molar-refractivity contribution is 0.613. The maximum absolute atomic E-state index is 11.0. The number of aryl methyl sites for hydroxylation is 1. The molecule has 0 aliphatic heterocycles. The molecule has 1 aromatic heterocycles. The Hall–Kier alpha value is -1.76. The first-order valence-corrected chi connectivity index (χ1v) is 4.56. The van der Waals surface area contributed by atoms with Crippen molar-refractivity contribution in [3.63, 3.8) is 0 Å². The zero-order chi connectivity index (χ0) is 10.4. The molecule has 1 rings (SSSR count). The molecule has 74 valence electrons. The highest BCUT2D eigenvalue weighted by Crippen LogP contribution is 1.99. The van der Waals surface area contributed by atoms with E-state index in [9.17, 15) is 4.79 Å². The SMILES string of the molecule is N#CCCCCn1ccc(=O)c(N)c1. The van der Waals surface area contributed by atoms with Gasteiger partial charge in [-0.25, -0.2) is 0 Å². The molecule has 0 amide bonds. The van der Waals surface area contributed by atoms with Crippen molar-refractivity contribution in [2.45, 2.75) is 25.8 Å². The van der Waals surface area contributed by atoms with E-state index in [1.807, 2.05) is 4.57 Å². The van der Waals surface area contributed by atoms with Crippen molar-refractivity contribution >= 4 is 5.69 Å². The van der Waals surface area contributed by atoms with Gasteiger partial charge in [-0.05, 0) is 12.8 Å². The molecule has 4 nitrogen and oxygen atoms in total. The van der Waals surface area contributed by atoms with Gasteiger partial charge in [-0.1, -0.05) is 0 Å². The average molecular weight is 191 g/mol. The van der Waals surface area contributed by atoms with Gasteiger partial charge in [-0.15, -0.1) is 0 Å². The van der Waals surface area contributed by atoms with Crippen molar-refractivity contribution in [3.05, 3.63) is 28.7 Å². The fourth-order valence-electron chi connectivity index (χ4n) is 1.18. The minimum atomic E-state index is -0.140. The summed E-state index contributed by atoms with van der Waals surface area (Å²) in [5, 5.41) is 8.33. The Kier molecular flexibility index (Phi) is 3.74. The van der Waals surface area contributed by atoms with Crippen LogP contribution in [0.15, 0.2) is 23.3 Å². The van der Waals surface area contributed by atoms with Gasteiger partial charge in [0.2, 0.25) is 5.43 Å². The normalized spacial score (nSPS) is 9.64. The predicted octanol–water partition coefficient (Wildman–Crippen LogP) is 1.12. The van der Waals surface area contributed by atoms with Crippen LogP contribution in [-0.4, -0.2) is 4.57 Å². The Morgan fingerprint density at radius 2 is 2.29 bits per heavy atom. The van der Waals surface area contributed by atoms with Gasteiger partial charge in [0.1, 0.15) is 0 Å². The van der Waals surface area contributed by atoms with Crippen molar-refractivity contribution in [3.8, 4) is 6.07 Å². The van der Waals surface area contributed by atoms with Gasteiger partial charge in [0.15, 0.2) is 0 Å². The number of nitrogen functional groups attached to an aromatic ring is 1. The number of anilines is 1. The first-order valence-electron chi connectivity index (χ1n) is 4.56. The van der Waals surface area contributed by atoms with Crippen LogP contribution in [0.4, 0.5) is 5.69 Å². The average Bonchev–Trinajstić information content (AvgIpc) is 2.18. The molecule has 2 N–H and O–H groups in total. The second-order valence-electron chi connectivity index (χ2n) is 3.12. The number of nitrogens with two attached hydrogens (primary N) is 1. The smallest absolute Gasteiger partial charge is 0.204 e. The molecular formula is C10H13N3O.